The molecule has 0 atom stereocenters. The summed E-state index contributed by atoms with van der Waals surface area (Å²) in [6.07, 6.45) is -4.61. The third-order valence-electron chi connectivity index (χ3n) is 4.91. The zero-order chi connectivity index (χ0) is 18.1. The number of carbonyl (C=O) groups is 1. The average Bonchev–Trinajstić information content (AvgIpc) is 3.08. The maximum Gasteiger partial charge on any atom is 0.471 e. The van der Waals surface area contributed by atoms with Crippen LogP contribution in [-0.4, -0.2) is 25.4 Å². The molecule has 2 heterocycles. The van der Waals surface area contributed by atoms with Gasteiger partial charge in [0.15, 0.2) is 11.5 Å². The highest BCUT2D eigenvalue weighted by atomic mass is 19.4. The molecule has 0 bridgehead atoms. The highest BCUT2D eigenvalue weighted by molar-refractivity contribution is 6.20. The number of ether oxygens (including phenoxy) is 2. The molecule has 0 aliphatic carbocycles. The van der Waals surface area contributed by atoms with E-state index in [2.05, 4.69) is 0 Å². The lowest BCUT2D eigenvalue weighted by atomic mass is 9.91. The number of alkyl halides is 3. The minimum absolute atomic E-state index is 0.0293. The van der Waals surface area contributed by atoms with Crippen LogP contribution in [0.5, 0.6) is 11.5 Å². The van der Waals surface area contributed by atoms with E-state index in [1.807, 2.05) is 18.2 Å². The highest BCUT2D eigenvalue weighted by Gasteiger charge is 2.44. The fourth-order valence-corrected chi connectivity index (χ4v) is 3.84. The third-order valence-corrected chi connectivity index (χ3v) is 4.91. The highest BCUT2D eigenvalue weighted by Crippen LogP contribution is 2.49. The second kappa shape index (κ2) is 5.03. The van der Waals surface area contributed by atoms with E-state index in [0.717, 1.165) is 21.2 Å². The zero-order valence-electron chi connectivity index (χ0n) is 13.4. The lowest BCUT2D eigenvalue weighted by Gasteiger charge is -2.31. The number of rotatable bonds is 0. The molecule has 2 aliphatic heterocycles. The first-order valence-electron chi connectivity index (χ1n) is 8.11. The maximum atomic E-state index is 13.1. The van der Waals surface area contributed by atoms with Crippen LogP contribution in [0.15, 0.2) is 36.4 Å². The van der Waals surface area contributed by atoms with Crippen LogP contribution < -0.4 is 14.4 Å². The first-order valence-corrected chi connectivity index (χ1v) is 8.11. The van der Waals surface area contributed by atoms with Crippen LogP contribution in [0.25, 0.3) is 21.5 Å². The Bertz CT molecular complexity index is 1090. The van der Waals surface area contributed by atoms with Gasteiger partial charge in [-0.2, -0.15) is 13.2 Å². The van der Waals surface area contributed by atoms with Gasteiger partial charge in [-0.1, -0.05) is 24.3 Å². The quantitative estimate of drug-likeness (QED) is 0.566. The van der Waals surface area contributed by atoms with E-state index < -0.39 is 12.1 Å². The molecule has 0 radical (unpaired) electrons. The molecule has 0 fully saturated rings. The van der Waals surface area contributed by atoms with Crippen molar-refractivity contribution in [1.82, 2.24) is 0 Å². The summed E-state index contributed by atoms with van der Waals surface area (Å²) in [5, 5.41) is 2.92. The van der Waals surface area contributed by atoms with Crippen molar-refractivity contribution in [3.05, 3.63) is 42.0 Å². The summed E-state index contributed by atoms with van der Waals surface area (Å²) in [5.41, 5.74) is 1.12. The van der Waals surface area contributed by atoms with E-state index >= 15 is 0 Å². The fourth-order valence-electron chi connectivity index (χ4n) is 3.84. The average molecular weight is 359 g/mol. The van der Waals surface area contributed by atoms with Crippen LogP contribution in [0.2, 0.25) is 0 Å². The first kappa shape index (κ1) is 15.3. The van der Waals surface area contributed by atoms with Crippen LogP contribution >= 0.6 is 0 Å². The molecule has 0 N–H and O–H groups in total. The Balaban J connectivity index is 1.91. The second-order valence-electron chi connectivity index (χ2n) is 6.34. The van der Waals surface area contributed by atoms with Gasteiger partial charge in [0.1, 0.15) is 0 Å². The minimum Gasteiger partial charge on any atom is -0.454 e. The Morgan fingerprint density at radius 3 is 2.69 bits per heavy atom. The first-order chi connectivity index (χ1) is 12.4. The summed E-state index contributed by atoms with van der Waals surface area (Å²) in [6.45, 7) is 0.0378. The smallest absolute Gasteiger partial charge is 0.454 e. The van der Waals surface area contributed by atoms with E-state index in [4.69, 9.17) is 9.47 Å². The van der Waals surface area contributed by atoms with Gasteiger partial charge in [-0.3, -0.25) is 4.79 Å². The van der Waals surface area contributed by atoms with Crippen molar-refractivity contribution in [3.63, 3.8) is 0 Å². The number of amides is 1. The van der Waals surface area contributed by atoms with Crippen LogP contribution in [-0.2, 0) is 11.2 Å². The lowest BCUT2D eigenvalue weighted by molar-refractivity contribution is -0.170. The molecule has 3 aromatic rings. The van der Waals surface area contributed by atoms with E-state index in [1.165, 1.54) is 0 Å². The van der Waals surface area contributed by atoms with Crippen molar-refractivity contribution in [2.75, 3.05) is 18.2 Å². The van der Waals surface area contributed by atoms with Crippen LogP contribution in [0.4, 0.5) is 18.9 Å². The summed E-state index contributed by atoms with van der Waals surface area (Å²) in [7, 11) is 0. The van der Waals surface area contributed by atoms with Crippen molar-refractivity contribution in [3.8, 4) is 11.5 Å². The maximum absolute atomic E-state index is 13.1. The topological polar surface area (TPSA) is 38.8 Å². The molecule has 5 rings (SSSR count). The van der Waals surface area contributed by atoms with E-state index in [0.29, 0.717) is 28.7 Å². The van der Waals surface area contributed by atoms with Gasteiger partial charge in [0.25, 0.3) is 0 Å². The molecule has 1 amide bonds. The Morgan fingerprint density at radius 1 is 1.08 bits per heavy atom. The molecular weight excluding hydrogens is 347 g/mol. The number of hydrogen-bond acceptors (Lipinski definition) is 3. The predicted molar refractivity (Wildman–Crippen MR) is 89.7 cm³/mol. The molecule has 26 heavy (non-hydrogen) atoms. The molecule has 4 nitrogen and oxygen atoms in total. The Hall–Kier alpha value is -2.96. The molecule has 0 saturated heterocycles. The van der Waals surface area contributed by atoms with Crippen molar-refractivity contribution in [2.24, 2.45) is 0 Å². The molecule has 2 aliphatic rings. The molecule has 0 saturated carbocycles. The Morgan fingerprint density at radius 2 is 1.88 bits per heavy atom. The monoisotopic (exact) mass is 359 g/mol. The SMILES string of the molecule is O=C(N1CCc2cc3c(c4c2c1cc1ccccc14)OCO3)C(F)(F)F. The molecule has 3 aromatic carbocycles. The number of fused-ring (bicyclic) bond motifs is 4. The number of nitrogens with zero attached hydrogens (tertiary/aromatic N) is 1. The van der Waals surface area contributed by atoms with Crippen molar-refractivity contribution in [1.29, 1.82) is 0 Å². The van der Waals surface area contributed by atoms with Gasteiger partial charge in [-0.25, -0.2) is 0 Å². The van der Waals surface area contributed by atoms with Gasteiger partial charge in [0.05, 0.1) is 5.69 Å². The van der Waals surface area contributed by atoms with Crippen molar-refractivity contribution < 1.29 is 27.4 Å². The fraction of sp³-hybridized carbons (Fsp3) is 0.211. The Kier molecular flexibility index (Phi) is 2.96. The lowest BCUT2D eigenvalue weighted by Crippen LogP contribution is -2.43. The molecule has 0 unspecified atom stereocenters. The van der Waals surface area contributed by atoms with Gasteiger partial charge < -0.3 is 14.4 Å². The molecule has 132 valence electrons. The van der Waals surface area contributed by atoms with Gasteiger partial charge in [0, 0.05) is 17.3 Å². The molecule has 0 aromatic heterocycles. The summed E-state index contributed by atoms with van der Waals surface area (Å²) >= 11 is 0. The van der Waals surface area contributed by atoms with Crippen molar-refractivity contribution >= 4 is 33.1 Å². The van der Waals surface area contributed by atoms with E-state index in [9.17, 15) is 18.0 Å². The number of halogens is 3. The molecule has 7 heteroatoms. The molecule has 0 spiro atoms. The van der Waals surface area contributed by atoms with Crippen LogP contribution in [0, 0.1) is 0 Å². The van der Waals surface area contributed by atoms with Gasteiger partial charge >= 0.3 is 12.1 Å². The van der Waals surface area contributed by atoms with Gasteiger partial charge in [0.2, 0.25) is 6.79 Å². The minimum atomic E-state index is -4.92. The van der Waals surface area contributed by atoms with Crippen LogP contribution in [0.1, 0.15) is 5.56 Å². The number of carbonyl (C=O) groups excluding carboxylic acids is 1. The summed E-state index contributed by atoms with van der Waals surface area (Å²) in [4.78, 5) is 12.8. The Labute approximate surface area is 145 Å². The normalized spacial score (nSPS) is 15.7. The largest absolute Gasteiger partial charge is 0.471 e. The molecular formula is C19H12F3NO3. The second-order valence-corrected chi connectivity index (χ2v) is 6.34. The predicted octanol–water partition coefficient (Wildman–Crippen LogP) is 4.17. The van der Waals surface area contributed by atoms with E-state index in [-0.39, 0.29) is 19.0 Å². The van der Waals surface area contributed by atoms with Crippen molar-refractivity contribution in [2.45, 2.75) is 12.6 Å². The summed E-state index contributed by atoms with van der Waals surface area (Å²) < 4.78 is 50.4. The standard InChI is InChI=1S/C19H12F3NO3/c20-19(21,22)18(24)23-6-5-11-8-14-17(26-9-25-14)16-12-4-2-1-3-10(12)7-13(23)15(11)16/h1-4,7-8H,5-6,9H2. The van der Waals surface area contributed by atoms with Crippen LogP contribution in [0.3, 0.4) is 0 Å². The van der Waals surface area contributed by atoms with Gasteiger partial charge in [-0.15, -0.1) is 0 Å². The zero-order valence-corrected chi connectivity index (χ0v) is 13.4. The number of hydrogen-bond donors (Lipinski definition) is 0. The third kappa shape index (κ3) is 2.00. The van der Waals surface area contributed by atoms with Gasteiger partial charge in [-0.05, 0) is 34.9 Å². The summed E-state index contributed by atoms with van der Waals surface area (Å²) in [6, 6.07) is 10.8. The summed E-state index contributed by atoms with van der Waals surface area (Å²) in [5.74, 6) is -0.745. The number of anilines is 1. The van der Waals surface area contributed by atoms with E-state index in [1.54, 1.807) is 18.2 Å². The number of benzene rings is 3.